The summed E-state index contributed by atoms with van der Waals surface area (Å²) in [5, 5.41) is 5.54. The lowest BCUT2D eigenvalue weighted by atomic mass is 10.0. The molecule has 0 unspecified atom stereocenters. The van der Waals surface area contributed by atoms with Crippen molar-refractivity contribution in [3.63, 3.8) is 0 Å². The Hall–Kier alpha value is -5.18. The number of nitrogens with zero attached hydrogens (tertiary/aromatic N) is 2. The number of halogens is 2. The topological polar surface area (TPSA) is 93.1 Å². The standard InChI is InChI=1S/C30H22F2N4O3/c31-25-10-8-21(15-26(25)32)18-36-13-3-6-23(30(36)39)28(37)34-12-2-4-19-7-9-22-24(29(38)35-27(22)16-19)14-20-5-1-11-33-17-20/h1-11,13-17H,12,18H2,(H,34,37)(H,35,38)/b4-2+,24-14+. The number of hydrogen-bond donors (Lipinski definition) is 2. The Morgan fingerprint density at radius 2 is 1.87 bits per heavy atom. The zero-order chi connectivity index (χ0) is 27.4. The Bertz CT molecular complexity index is 1690. The van der Waals surface area contributed by atoms with E-state index in [2.05, 4.69) is 15.6 Å². The molecule has 2 amide bonds. The number of hydrogen-bond acceptors (Lipinski definition) is 4. The maximum atomic E-state index is 13.5. The van der Waals surface area contributed by atoms with E-state index >= 15 is 0 Å². The van der Waals surface area contributed by atoms with E-state index in [1.54, 1.807) is 42.8 Å². The molecule has 0 atom stereocenters. The number of benzene rings is 2. The summed E-state index contributed by atoms with van der Waals surface area (Å²) in [7, 11) is 0. The quantitative estimate of drug-likeness (QED) is 0.348. The van der Waals surface area contributed by atoms with E-state index in [0.717, 1.165) is 28.8 Å². The van der Waals surface area contributed by atoms with Crippen LogP contribution < -0.4 is 16.2 Å². The molecule has 0 saturated heterocycles. The molecule has 0 bridgehead atoms. The van der Waals surface area contributed by atoms with Crippen molar-refractivity contribution >= 4 is 35.2 Å². The van der Waals surface area contributed by atoms with E-state index in [9.17, 15) is 23.2 Å². The second kappa shape index (κ2) is 11.1. The molecular formula is C30H22F2N4O3. The number of pyridine rings is 2. The van der Waals surface area contributed by atoms with Crippen LogP contribution >= 0.6 is 0 Å². The molecule has 0 fully saturated rings. The van der Waals surface area contributed by atoms with Crippen LogP contribution in [0.4, 0.5) is 14.5 Å². The first-order valence-electron chi connectivity index (χ1n) is 12.0. The van der Waals surface area contributed by atoms with Crippen LogP contribution in [0.15, 0.2) is 90.1 Å². The Balaban J connectivity index is 1.22. The van der Waals surface area contributed by atoms with Gasteiger partial charge in [-0.15, -0.1) is 0 Å². The van der Waals surface area contributed by atoms with Crippen LogP contribution in [-0.2, 0) is 11.3 Å². The third kappa shape index (κ3) is 5.72. The molecule has 0 aliphatic carbocycles. The van der Waals surface area contributed by atoms with Gasteiger partial charge >= 0.3 is 0 Å². The predicted molar refractivity (Wildman–Crippen MR) is 145 cm³/mol. The third-order valence-corrected chi connectivity index (χ3v) is 6.11. The summed E-state index contributed by atoms with van der Waals surface area (Å²) in [6.45, 7) is 0.150. The first kappa shape index (κ1) is 25.5. The molecule has 194 valence electrons. The van der Waals surface area contributed by atoms with Gasteiger partial charge in [-0.2, -0.15) is 0 Å². The zero-order valence-electron chi connectivity index (χ0n) is 20.5. The van der Waals surface area contributed by atoms with Crippen LogP contribution in [0.3, 0.4) is 0 Å². The molecule has 7 nitrogen and oxygen atoms in total. The van der Waals surface area contributed by atoms with Crippen molar-refractivity contribution in [1.82, 2.24) is 14.9 Å². The van der Waals surface area contributed by atoms with Gasteiger partial charge in [0.2, 0.25) is 0 Å². The molecule has 4 aromatic rings. The van der Waals surface area contributed by atoms with Gasteiger partial charge in [0.15, 0.2) is 11.6 Å². The number of nitrogens with one attached hydrogen (secondary N) is 2. The summed E-state index contributed by atoms with van der Waals surface area (Å²) < 4.78 is 27.9. The van der Waals surface area contributed by atoms with Gasteiger partial charge in [0, 0.05) is 42.0 Å². The largest absolute Gasteiger partial charge is 0.348 e. The number of rotatable bonds is 7. The number of amides is 2. The van der Waals surface area contributed by atoms with Crippen molar-refractivity contribution in [2.24, 2.45) is 0 Å². The van der Waals surface area contributed by atoms with E-state index in [4.69, 9.17) is 0 Å². The Morgan fingerprint density at radius 3 is 2.67 bits per heavy atom. The van der Waals surface area contributed by atoms with Gasteiger partial charge in [-0.25, -0.2) is 8.78 Å². The summed E-state index contributed by atoms with van der Waals surface area (Å²) >= 11 is 0. The molecule has 1 aliphatic rings. The molecular weight excluding hydrogens is 502 g/mol. The molecule has 2 aromatic carbocycles. The minimum atomic E-state index is -1.01. The highest BCUT2D eigenvalue weighted by Crippen LogP contribution is 2.34. The van der Waals surface area contributed by atoms with E-state index in [-0.39, 0.29) is 24.6 Å². The van der Waals surface area contributed by atoms with Crippen LogP contribution in [0.2, 0.25) is 0 Å². The lowest BCUT2D eigenvalue weighted by Gasteiger charge is -2.09. The van der Waals surface area contributed by atoms with Crippen molar-refractivity contribution < 1.29 is 18.4 Å². The van der Waals surface area contributed by atoms with Gasteiger partial charge in [-0.05, 0) is 59.2 Å². The number of carbonyl (C=O) groups excluding carboxylic acids is 2. The monoisotopic (exact) mass is 524 g/mol. The molecule has 0 spiro atoms. The average Bonchev–Trinajstić information content (AvgIpc) is 3.24. The second-order valence-corrected chi connectivity index (χ2v) is 8.82. The Kier molecular flexibility index (Phi) is 7.22. The van der Waals surface area contributed by atoms with E-state index in [1.807, 2.05) is 24.3 Å². The minimum Gasteiger partial charge on any atom is -0.348 e. The molecule has 2 aromatic heterocycles. The van der Waals surface area contributed by atoms with Crippen molar-refractivity contribution in [3.8, 4) is 0 Å². The fraction of sp³-hybridized carbons (Fsp3) is 0.0667. The SMILES string of the molecule is O=C1Nc2cc(/C=C/CNC(=O)c3cccn(Cc4ccc(F)c(F)c4)c3=O)ccc2/C1=C\c1cccnc1. The second-order valence-electron chi connectivity index (χ2n) is 8.82. The van der Waals surface area contributed by atoms with E-state index in [1.165, 1.54) is 22.9 Å². The van der Waals surface area contributed by atoms with Gasteiger partial charge in [0.05, 0.1) is 6.54 Å². The number of anilines is 1. The fourth-order valence-electron chi connectivity index (χ4n) is 4.20. The number of fused-ring (bicyclic) bond motifs is 1. The molecule has 9 heteroatoms. The smallest absolute Gasteiger partial charge is 0.263 e. The van der Waals surface area contributed by atoms with Crippen LogP contribution in [0.5, 0.6) is 0 Å². The first-order valence-corrected chi connectivity index (χ1v) is 12.0. The number of carbonyl (C=O) groups is 2. The highest BCUT2D eigenvalue weighted by Gasteiger charge is 2.24. The minimum absolute atomic E-state index is 0.00887. The lowest BCUT2D eigenvalue weighted by Crippen LogP contribution is -2.33. The molecule has 39 heavy (non-hydrogen) atoms. The highest BCUT2D eigenvalue weighted by atomic mass is 19.2. The first-order chi connectivity index (χ1) is 18.9. The Morgan fingerprint density at radius 1 is 1.00 bits per heavy atom. The summed E-state index contributed by atoms with van der Waals surface area (Å²) in [4.78, 5) is 41.9. The summed E-state index contributed by atoms with van der Waals surface area (Å²) in [5.41, 5.74) is 3.45. The van der Waals surface area contributed by atoms with Gasteiger partial charge in [-0.1, -0.05) is 36.4 Å². The van der Waals surface area contributed by atoms with Gasteiger partial charge in [-0.3, -0.25) is 19.4 Å². The predicted octanol–water partition coefficient (Wildman–Crippen LogP) is 4.51. The van der Waals surface area contributed by atoms with Crippen molar-refractivity contribution in [2.45, 2.75) is 6.54 Å². The number of aromatic nitrogens is 2. The maximum absolute atomic E-state index is 13.5. The lowest BCUT2D eigenvalue weighted by molar-refractivity contribution is -0.110. The van der Waals surface area contributed by atoms with Crippen LogP contribution in [0.25, 0.3) is 17.7 Å². The molecule has 5 rings (SSSR count). The van der Waals surface area contributed by atoms with Crippen LogP contribution in [0.1, 0.15) is 32.6 Å². The summed E-state index contributed by atoms with van der Waals surface area (Å²) in [5.74, 6) is -2.73. The maximum Gasteiger partial charge on any atom is 0.263 e. The van der Waals surface area contributed by atoms with Gasteiger partial charge in [0.1, 0.15) is 5.56 Å². The Labute approximate surface area is 222 Å². The van der Waals surface area contributed by atoms with Gasteiger partial charge < -0.3 is 15.2 Å². The van der Waals surface area contributed by atoms with E-state index < -0.39 is 23.1 Å². The third-order valence-electron chi connectivity index (χ3n) is 6.11. The molecule has 1 aliphatic heterocycles. The molecule has 2 N–H and O–H groups in total. The molecule has 0 saturated carbocycles. The van der Waals surface area contributed by atoms with Crippen molar-refractivity contribution in [2.75, 3.05) is 11.9 Å². The van der Waals surface area contributed by atoms with Crippen LogP contribution in [0, 0.1) is 11.6 Å². The summed E-state index contributed by atoms with van der Waals surface area (Å²) in [6.07, 6.45) is 10.1. The highest BCUT2D eigenvalue weighted by molar-refractivity contribution is 6.35. The van der Waals surface area contributed by atoms with E-state index in [0.29, 0.717) is 16.8 Å². The van der Waals surface area contributed by atoms with Crippen LogP contribution in [-0.4, -0.2) is 27.9 Å². The average molecular weight is 525 g/mol. The van der Waals surface area contributed by atoms with Gasteiger partial charge in [0.25, 0.3) is 17.4 Å². The normalized spacial score (nSPS) is 13.5. The summed E-state index contributed by atoms with van der Waals surface area (Å²) in [6, 6.07) is 15.6. The molecule has 3 heterocycles. The molecule has 0 radical (unpaired) electrons. The fourth-order valence-corrected chi connectivity index (χ4v) is 4.20. The zero-order valence-corrected chi connectivity index (χ0v) is 20.5. The van der Waals surface area contributed by atoms with Crippen molar-refractivity contribution in [1.29, 1.82) is 0 Å². The van der Waals surface area contributed by atoms with Crippen molar-refractivity contribution in [3.05, 3.63) is 135 Å².